The van der Waals surface area contributed by atoms with Gasteiger partial charge in [0.1, 0.15) is 5.82 Å². The molecule has 0 heterocycles. The molecule has 0 amide bonds. The van der Waals surface area contributed by atoms with Gasteiger partial charge in [0.05, 0.1) is 5.75 Å². The fraction of sp³-hybridized carbons (Fsp3) is 0.400. The molecule has 90 valence electrons. The molecule has 16 heavy (non-hydrogen) atoms. The highest BCUT2D eigenvalue weighted by Gasteiger charge is 2.09. The van der Waals surface area contributed by atoms with Gasteiger partial charge in [-0.3, -0.25) is 4.72 Å². The summed E-state index contributed by atoms with van der Waals surface area (Å²) in [5.41, 5.74) is 0.373. The first-order chi connectivity index (χ1) is 7.53. The van der Waals surface area contributed by atoms with Gasteiger partial charge >= 0.3 is 0 Å². The monoisotopic (exact) mass is 246 g/mol. The number of anilines is 1. The molecule has 4 nitrogen and oxygen atoms in total. The maximum atomic E-state index is 12.6. The standard InChI is InChI=1S/C10H15FN2O2S/c1-2-12-7-8-16(14,15)13-10-5-3-9(11)4-6-10/h3-6,12-13H,2,7-8H2,1H3. The summed E-state index contributed by atoms with van der Waals surface area (Å²) in [6.07, 6.45) is 0. The summed E-state index contributed by atoms with van der Waals surface area (Å²) < 4.78 is 38.0. The van der Waals surface area contributed by atoms with Crippen molar-refractivity contribution in [3.8, 4) is 0 Å². The highest BCUT2D eigenvalue weighted by molar-refractivity contribution is 7.92. The summed E-state index contributed by atoms with van der Waals surface area (Å²) in [5, 5.41) is 2.92. The molecule has 0 spiro atoms. The second kappa shape index (κ2) is 5.81. The van der Waals surface area contributed by atoms with Crippen molar-refractivity contribution >= 4 is 15.7 Å². The van der Waals surface area contributed by atoms with E-state index in [4.69, 9.17) is 0 Å². The van der Waals surface area contributed by atoms with Gasteiger partial charge in [0, 0.05) is 12.2 Å². The zero-order valence-electron chi connectivity index (χ0n) is 9.03. The van der Waals surface area contributed by atoms with Crippen molar-refractivity contribution in [2.24, 2.45) is 0 Å². The van der Waals surface area contributed by atoms with E-state index in [1.807, 2.05) is 6.92 Å². The molecule has 0 saturated heterocycles. The number of hydrogen-bond acceptors (Lipinski definition) is 3. The summed E-state index contributed by atoms with van der Waals surface area (Å²) in [6, 6.07) is 5.20. The molecule has 0 bridgehead atoms. The number of halogens is 1. The van der Waals surface area contributed by atoms with Crippen LogP contribution in [-0.2, 0) is 10.0 Å². The van der Waals surface area contributed by atoms with Gasteiger partial charge < -0.3 is 5.32 Å². The number of sulfonamides is 1. The first kappa shape index (κ1) is 12.9. The van der Waals surface area contributed by atoms with E-state index in [0.29, 0.717) is 12.2 Å². The Morgan fingerprint density at radius 3 is 2.44 bits per heavy atom. The quantitative estimate of drug-likeness (QED) is 0.741. The smallest absolute Gasteiger partial charge is 0.233 e. The third-order valence-corrected chi connectivity index (χ3v) is 3.20. The molecule has 6 heteroatoms. The first-order valence-electron chi connectivity index (χ1n) is 5.00. The Morgan fingerprint density at radius 1 is 1.25 bits per heavy atom. The van der Waals surface area contributed by atoms with Gasteiger partial charge in [0.15, 0.2) is 0 Å². The largest absolute Gasteiger partial charge is 0.316 e. The van der Waals surface area contributed by atoms with Crippen LogP contribution in [0.15, 0.2) is 24.3 Å². The molecular formula is C10H15FN2O2S. The molecule has 0 radical (unpaired) electrons. The Hall–Kier alpha value is -1.14. The Balaban J connectivity index is 2.55. The van der Waals surface area contributed by atoms with E-state index < -0.39 is 15.8 Å². The van der Waals surface area contributed by atoms with Crippen molar-refractivity contribution < 1.29 is 12.8 Å². The van der Waals surface area contributed by atoms with Crippen LogP contribution in [0.3, 0.4) is 0 Å². The number of rotatable bonds is 6. The predicted octanol–water partition coefficient (Wildman–Crippen LogP) is 1.18. The molecule has 1 aromatic rings. The molecule has 0 aliphatic carbocycles. The van der Waals surface area contributed by atoms with Gasteiger partial charge in [-0.2, -0.15) is 0 Å². The molecule has 0 saturated carbocycles. The summed E-state index contributed by atoms with van der Waals surface area (Å²) in [5.74, 6) is -0.395. The molecule has 0 fully saturated rings. The van der Waals surface area contributed by atoms with Crippen molar-refractivity contribution in [3.63, 3.8) is 0 Å². The lowest BCUT2D eigenvalue weighted by Crippen LogP contribution is -2.26. The van der Waals surface area contributed by atoms with Gasteiger partial charge in [0.25, 0.3) is 0 Å². The lowest BCUT2D eigenvalue weighted by molar-refractivity contribution is 0.597. The van der Waals surface area contributed by atoms with Gasteiger partial charge in [-0.15, -0.1) is 0 Å². The van der Waals surface area contributed by atoms with Crippen molar-refractivity contribution in [1.29, 1.82) is 0 Å². The van der Waals surface area contributed by atoms with Crippen molar-refractivity contribution in [2.45, 2.75) is 6.92 Å². The zero-order chi connectivity index (χ0) is 12.0. The average Bonchev–Trinajstić information content (AvgIpc) is 2.21. The highest BCUT2D eigenvalue weighted by atomic mass is 32.2. The van der Waals surface area contributed by atoms with Crippen molar-refractivity contribution in [2.75, 3.05) is 23.6 Å². The second-order valence-corrected chi connectivity index (χ2v) is 5.12. The highest BCUT2D eigenvalue weighted by Crippen LogP contribution is 2.10. The average molecular weight is 246 g/mol. The Labute approximate surface area is 94.9 Å². The maximum absolute atomic E-state index is 12.6. The molecule has 0 unspecified atom stereocenters. The first-order valence-corrected chi connectivity index (χ1v) is 6.65. The third-order valence-electron chi connectivity index (χ3n) is 1.92. The molecule has 0 aromatic heterocycles. The molecule has 1 rings (SSSR count). The third kappa shape index (κ3) is 4.59. The van der Waals surface area contributed by atoms with E-state index in [1.165, 1.54) is 24.3 Å². The molecule has 2 N–H and O–H groups in total. The van der Waals surface area contributed by atoms with Crippen molar-refractivity contribution in [1.82, 2.24) is 5.32 Å². The summed E-state index contributed by atoms with van der Waals surface area (Å²) in [6.45, 7) is 3.03. The predicted molar refractivity (Wildman–Crippen MR) is 62.4 cm³/mol. The molecule has 0 atom stereocenters. The minimum absolute atomic E-state index is 0.00177. The number of hydrogen-bond donors (Lipinski definition) is 2. The van der Waals surface area contributed by atoms with Crippen LogP contribution >= 0.6 is 0 Å². The van der Waals surface area contributed by atoms with Crippen LogP contribution in [-0.4, -0.2) is 27.3 Å². The van der Waals surface area contributed by atoms with Crippen LogP contribution in [0, 0.1) is 5.82 Å². The molecule has 0 aliphatic heterocycles. The van der Waals surface area contributed by atoms with Gasteiger partial charge in [-0.05, 0) is 30.8 Å². The summed E-state index contributed by atoms with van der Waals surface area (Å²) in [4.78, 5) is 0. The van der Waals surface area contributed by atoms with E-state index in [0.717, 1.165) is 6.54 Å². The van der Waals surface area contributed by atoms with E-state index in [1.54, 1.807) is 0 Å². The fourth-order valence-corrected chi connectivity index (χ4v) is 2.14. The van der Waals surface area contributed by atoms with Crippen LogP contribution in [0.5, 0.6) is 0 Å². The number of benzene rings is 1. The molecule has 0 aliphatic rings. The van der Waals surface area contributed by atoms with E-state index in [2.05, 4.69) is 10.0 Å². The molecule has 1 aromatic carbocycles. The number of nitrogens with one attached hydrogen (secondary N) is 2. The fourth-order valence-electron chi connectivity index (χ4n) is 1.13. The van der Waals surface area contributed by atoms with Crippen LogP contribution in [0.1, 0.15) is 6.92 Å². The van der Waals surface area contributed by atoms with Crippen LogP contribution in [0.4, 0.5) is 10.1 Å². The minimum atomic E-state index is -3.35. The van der Waals surface area contributed by atoms with Crippen LogP contribution < -0.4 is 10.0 Å². The zero-order valence-corrected chi connectivity index (χ0v) is 9.85. The van der Waals surface area contributed by atoms with Gasteiger partial charge in [-0.25, -0.2) is 12.8 Å². The lowest BCUT2D eigenvalue weighted by Gasteiger charge is -2.07. The minimum Gasteiger partial charge on any atom is -0.316 e. The van der Waals surface area contributed by atoms with Gasteiger partial charge in [-0.1, -0.05) is 6.92 Å². The van der Waals surface area contributed by atoms with Crippen molar-refractivity contribution in [3.05, 3.63) is 30.1 Å². The SMILES string of the molecule is CCNCCS(=O)(=O)Nc1ccc(F)cc1. The van der Waals surface area contributed by atoms with Crippen LogP contribution in [0.25, 0.3) is 0 Å². The van der Waals surface area contributed by atoms with Crippen LogP contribution in [0.2, 0.25) is 0 Å². The maximum Gasteiger partial charge on any atom is 0.233 e. The Kier molecular flexibility index (Phi) is 4.70. The lowest BCUT2D eigenvalue weighted by atomic mass is 10.3. The Morgan fingerprint density at radius 2 is 1.88 bits per heavy atom. The van der Waals surface area contributed by atoms with E-state index in [9.17, 15) is 12.8 Å². The topological polar surface area (TPSA) is 58.2 Å². The normalized spacial score (nSPS) is 11.4. The summed E-state index contributed by atoms with van der Waals surface area (Å²) in [7, 11) is -3.35. The van der Waals surface area contributed by atoms with E-state index >= 15 is 0 Å². The van der Waals surface area contributed by atoms with Gasteiger partial charge in [0.2, 0.25) is 10.0 Å². The Bertz CT molecular complexity index is 417. The summed E-state index contributed by atoms with van der Waals surface area (Å²) >= 11 is 0. The molecular weight excluding hydrogens is 231 g/mol. The second-order valence-electron chi connectivity index (χ2n) is 3.28. The van der Waals surface area contributed by atoms with E-state index in [-0.39, 0.29) is 5.75 Å².